The molecule has 1 aromatic rings. The number of hydrogen-bond donors (Lipinski definition) is 1. The second kappa shape index (κ2) is 5.82. The van der Waals surface area contributed by atoms with E-state index < -0.39 is 0 Å². The molecular weight excluding hydrogens is 254 g/mol. The summed E-state index contributed by atoms with van der Waals surface area (Å²) in [6.45, 7) is 4.81. The van der Waals surface area contributed by atoms with Crippen LogP contribution in [0.5, 0.6) is 0 Å². The van der Waals surface area contributed by atoms with Gasteiger partial charge in [-0.2, -0.15) is 5.10 Å². The van der Waals surface area contributed by atoms with E-state index in [1.807, 2.05) is 6.92 Å². The molecule has 2 heterocycles. The zero-order chi connectivity index (χ0) is 13.1. The molecule has 0 spiro atoms. The number of ether oxygens (including phenoxy) is 1. The maximum atomic E-state index is 12.4. The summed E-state index contributed by atoms with van der Waals surface area (Å²) in [5.41, 5.74) is 0.508. The summed E-state index contributed by atoms with van der Waals surface area (Å²) < 4.78 is 6.64. The van der Waals surface area contributed by atoms with Crippen molar-refractivity contribution in [3.8, 4) is 0 Å². The number of rotatable bonds is 6. The second-order valence-corrected chi connectivity index (χ2v) is 5.04. The largest absolute Gasteiger partial charge is 0.383 e. The van der Waals surface area contributed by atoms with Gasteiger partial charge in [0.05, 0.1) is 24.4 Å². The number of hydrogen-bond acceptors (Lipinski definition) is 4. The van der Waals surface area contributed by atoms with Gasteiger partial charge in [-0.25, -0.2) is 0 Å². The highest BCUT2D eigenvalue weighted by Crippen LogP contribution is 2.24. The van der Waals surface area contributed by atoms with Crippen LogP contribution in [0.4, 0.5) is 0 Å². The number of nitrogens with zero attached hydrogens (tertiary/aromatic N) is 2. The molecule has 18 heavy (non-hydrogen) atoms. The van der Waals surface area contributed by atoms with Crippen molar-refractivity contribution >= 4 is 17.4 Å². The number of halogens is 1. The van der Waals surface area contributed by atoms with Crippen molar-refractivity contribution in [2.45, 2.75) is 13.5 Å². The van der Waals surface area contributed by atoms with E-state index in [4.69, 9.17) is 16.3 Å². The van der Waals surface area contributed by atoms with Crippen molar-refractivity contribution in [2.75, 3.05) is 26.8 Å². The van der Waals surface area contributed by atoms with Crippen molar-refractivity contribution in [1.29, 1.82) is 0 Å². The summed E-state index contributed by atoms with van der Waals surface area (Å²) in [4.78, 5) is 12.4. The van der Waals surface area contributed by atoms with Gasteiger partial charge in [0, 0.05) is 13.0 Å². The summed E-state index contributed by atoms with van der Waals surface area (Å²) in [6, 6.07) is 0. The predicted molar refractivity (Wildman–Crippen MR) is 69.0 cm³/mol. The molecule has 1 saturated heterocycles. The average molecular weight is 272 g/mol. The minimum atomic E-state index is -0.0262. The third-order valence-corrected chi connectivity index (χ3v) is 3.75. The van der Waals surface area contributed by atoms with E-state index in [1.165, 1.54) is 6.20 Å². The Hall–Kier alpha value is -0.910. The van der Waals surface area contributed by atoms with E-state index in [9.17, 15) is 4.79 Å². The van der Waals surface area contributed by atoms with E-state index in [-0.39, 0.29) is 11.7 Å². The minimum absolute atomic E-state index is 0.0262. The Kier molecular flexibility index (Phi) is 4.37. The first-order valence-corrected chi connectivity index (χ1v) is 6.48. The predicted octanol–water partition coefficient (Wildman–Crippen LogP) is 1.22. The maximum Gasteiger partial charge on any atom is 0.185 e. The number of methoxy groups -OCH3 is 1. The Morgan fingerprint density at radius 1 is 1.72 bits per heavy atom. The number of carbonyl (C=O) groups is 1. The normalized spacial score (nSPS) is 17.5. The Labute approximate surface area is 111 Å². The van der Waals surface area contributed by atoms with Crippen molar-refractivity contribution in [2.24, 2.45) is 11.8 Å². The SMILES string of the molecule is COCCn1ncc(Cl)c1C(=O)C(C)C1CNC1. The van der Waals surface area contributed by atoms with E-state index >= 15 is 0 Å². The quantitative estimate of drug-likeness (QED) is 0.791. The third-order valence-electron chi connectivity index (χ3n) is 3.47. The maximum absolute atomic E-state index is 12.4. The van der Waals surface area contributed by atoms with Crippen LogP contribution in [0, 0.1) is 11.8 Å². The number of aromatic nitrogens is 2. The summed E-state index contributed by atoms with van der Waals surface area (Å²) in [5, 5.41) is 7.73. The smallest absolute Gasteiger partial charge is 0.185 e. The summed E-state index contributed by atoms with van der Waals surface area (Å²) in [5.74, 6) is 0.446. The first kappa shape index (κ1) is 13.5. The van der Waals surface area contributed by atoms with Crippen molar-refractivity contribution in [3.63, 3.8) is 0 Å². The Morgan fingerprint density at radius 3 is 3.00 bits per heavy atom. The van der Waals surface area contributed by atoms with Crippen LogP contribution in [-0.2, 0) is 11.3 Å². The van der Waals surface area contributed by atoms with Gasteiger partial charge in [-0.1, -0.05) is 18.5 Å². The fraction of sp³-hybridized carbons (Fsp3) is 0.667. The van der Waals surface area contributed by atoms with Crippen LogP contribution < -0.4 is 5.32 Å². The van der Waals surface area contributed by atoms with Gasteiger partial charge in [0.1, 0.15) is 5.69 Å². The van der Waals surface area contributed by atoms with Crippen LogP contribution >= 0.6 is 11.6 Å². The Morgan fingerprint density at radius 2 is 2.44 bits per heavy atom. The lowest BCUT2D eigenvalue weighted by Gasteiger charge is -2.31. The number of Topliss-reactive ketones (excluding diaryl/α,β-unsaturated/α-hetero) is 1. The van der Waals surface area contributed by atoms with Crippen LogP contribution in [0.3, 0.4) is 0 Å². The highest BCUT2D eigenvalue weighted by molar-refractivity contribution is 6.33. The van der Waals surface area contributed by atoms with E-state index in [0.717, 1.165) is 13.1 Å². The molecule has 1 atom stereocenters. The molecular formula is C12H18ClN3O2. The standard InChI is InChI=1S/C12H18ClN3O2/c1-8(9-5-14-6-9)12(17)11-10(13)7-15-16(11)3-4-18-2/h7-9,14H,3-6H2,1-2H3. The fourth-order valence-electron chi connectivity index (χ4n) is 2.05. The molecule has 0 aromatic carbocycles. The van der Waals surface area contributed by atoms with Crippen LogP contribution in [0.1, 0.15) is 17.4 Å². The van der Waals surface area contributed by atoms with E-state index in [0.29, 0.717) is 29.8 Å². The molecule has 1 aliphatic heterocycles. The first-order chi connectivity index (χ1) is 8.65. The molecule has 0 aliphatic carbocycles. The van der Waals surface area contributed by atoms with Crippen molar-refractivity contribution < 1.29 is 9.53 Å². The average Bonchev–Trinajstić information content (AvgIpc) is 2.64. The highest BCUT2D eigenvalue weighted by Gasteiger charge is 2.32. The molecule has 100 valence electrons. The zero-order valence-electron chi connectivity index (χ0n) is 10.6. The van der Waals surface area contributed by atoms with Gasteiger partial charge in [-0.15, -0.1) is 0 Å². The molecule has 0 saturated carbocycles. The molecule has 6 heteroatoms. The number of nitrogens with one attached hydrogen (secondary N) is 1. The second-order valence-electron chi connectivity index (χ2n) is 4.63. The van der Waals surface area contributed by atoms with Gasteiger partial charge < -0.3 is 10.1 Å². The summed E-state index contributed by atoms with van der Waals surface area (Å²) >= 11 is 6.07. The molecule has 1 unspecified atom stereocenters. The van der Waals surface area contributed by atoms with E-state index in [1.54, 1.807) is 11.8 Å². The lowest BCUT2D eigenvalue weighted by molar-refractivity contribution is 0.0839. The monoisotopic (exact) mass is 271 g/mol. The van der Waals surface area contributed by atoms with Gasteiger partial charge in [0.2, 0.25) is 0 Å². The topological polar surface area (TPSA) is 56.2 Å². The van der Waals surface area contributed by atoms with Gasteiger partial charge in [-0.3, -0.25) is 9.48 Å². The number of carbonyl (C=O) groups excluding carboxylic acids is 1. The molecule has 1 N–H and O–H groups in total. The fourth-order valence-corrected chi connectivity index (χ4v) is 2.28. The Bertz CT molecular complexity index is 429. The van der Waals surface area contributed by atoms with Crippen molar-refractivity contribution in [1.82, 2.24) is 15.1 Å². The van der Waals surface area contributed by atoms with E-state index in [2.05, 4.69) is 10.4 Å². The van der Waals surface area contributed by atoms with Crippen LogP contribution in [0.2, 0.25) is 5.02 Å². The lowest BCUT2D eigenvalue weighted by atomic mass is 9.85. The molecule has 2 rings (SSSR count). The van der Waals surface area contributed by atoms with Gasteiger partial charge in [-0.05, 0) is 19.0 Å². The van der Waals surface area contributed by atoms with Gasteiger partial charge >= 0.3 is 0 Å². The van der Waals surface area contributed by atoms with Crippen LogP contribution in [-0.4, -0.2) is 42.4 Å². The molecule has 5 nitrogen and oxygen atoms in total. The molecule has 1 aliphatic rings. The van der Waals surface area contributed by atoms with Gasteiger partial charge in [0.25, 0.3) is 0 Å². The van der Waals surface area contributed by atoms with Crippen molar-refractivity contribution in [3.05, 3.63) is 16.9 Å². The lowest BCUT2D eigenvalue weighted by Crippen LogP contribution is -2.47. The number of ketones is 1. The van der Waals surface area contributed by atoms with Gasteiger partial charge in [0.15, 0.2) is 5.78 Å². The zero-order valence-corrected chi connectivity index (χ0v) is 11.4. The summed E-state index contributed by atoms with van der Waals surface area (Å²) in [7, 11) is 1.62. The minimum Gasteiger partial charge on any atom is -0.383 e. The molecule has 1 aromatic heterocycles. The molecule has 1 fully saturated rings. The summed E-state index contributed by atoms with van der Waals surface area (Å²) in [6.07, 6.45) is 1.52. The molecule has 0 radical (unpaired) electrons. The third kappa shape index (κ3) is 2.58. The molecule has 0 amide bonds. The van der Waals surface area contributed by atoms with Crippen LogP contribution in [0.15, 0.2) is 6.20 Å². The first-order valence-electron chi connectivity index (χ1n) is 6.10. The molecule has 0 bridgehead atoms. The van der Waals surface area contributed by atoms with Crippen LogP contribution in [0.25, 0.3) is 0 Å². The Balaban J connectivity index is 2.14. The highest BCUT2D eigenvalue weighted by atomic mass is 35.5.